The molecule has 1 amide bonds. The van der Waals surface area contributed by atoms with Crippen molar-refractivity contribution in [2.45, 2.75) is 38.5 Å². The van der Waals surface area contributed by atoms with Gasteiger partial charge in [-0.25, -0.2) is 0 Å². The summed E-state index contributed by atoms with van der Waals surface area (Å²) < 4.78 is 14.6. The van der Waals surface area contributed by atoms with Gasteiger partial charge in [0.2, 0.25) is 0 Å². The second kappa shape index (κ2) is 9.16. The molecule has 0 radical (unpaired) electrons. The van der Waals surface area contributed by atoms with Crippen LogP contribution in [0.5, 0.6) is 0 Å². The number of aromatic nitrogens is 1. The fraction of sp³-hybridized carbons (Fsp3) is 0.304. The minimum atomic E-state index is -0.730. The summed E-state index contributed by atoms with van der Waals surface area (Å²) in [5.74, 6) is -0.540. The van der Waals surface area contributed by atoms with E-state index in [1.165, 1.54) is 6.20 Å². The van der Waals surface area contributed by atoms with E-state index in [4.69, 9.17) is 11.6 Å². The molecule has 1 aromatic heterocycles. The average molecular weight is 399 g/mol. The molecule has 1 aliphatic carbocycles. The molecule has 5 heteroatoms. The van der Waals surface area contributed by atoms with E-state index in [-0.39, 0.29) is 27.7 Å². The standard InChI is InChI=1S/C23H24ClFN2O/c1-3-5-17-8-11-20(12-9-17)27(25)23(28)19-10-13-22(26-15-19)18-6-4-7-21(24)16(2)14-18/h4,7-16,21H,3,5-6H2,1-2H3. The molecule has 28 heavy (non-hydrogen) atoms. The zero-order valence-corrected chi connectivity index (χ0v) is 16.9. The van der Waals surface area contributed by atoms with Crippen molar-refractivity contribution in [2.24, 2.45) is 5.92 Å². The van der Waals surface area contributed by atoms with Crippen molar-refractivity contribution >= 4 is 28.8 Å². The monoisotopic (exact) mass is 398 g/mol. The third kappa shape index (κ3) is 4.68. The predicted molar refractivity (Wildman–Crippen MR) is 113 cm³/mol. The lowest BCUT2D eigenvalue weighted by Crippen LogP contribution is -2.22. The summed E-state index contributed by atoms with van der Waals surface area (Å²) in [7, 11) is 0. The molecule has 0 fully saturated rings. The van der Waals surface area contributed by atoms with Gasteiger partial charge in [-0.15, -0.1) is 16.7 Å². The van der Waals surface area contributed by atoms with Crippen molar-refractivity contribution in [3.63, 3.8) is 0 Å². The van der Waals surface area contributed by atoms with Crippen LogP contribution < -0.4 is 5.12 Å². The molecule has 3 nitrogen and oxygen atoms in total. The fourth-order valence-corrected chi connectivity index (χ4v) is 3.37. The van der Waals surface area contributed by atoms with Gasteiger partial charge in [0.05, 0.1) is 22.3 Å². The molecule has 0 bridgehead atoms. The lowest BCUT2D eigenvalue weighted by molar-refractivity contribution is 0.0931. The first kappa shape index (κ1) is 20.3. The number of carbonyl (C=O) groups excluding carboxylic acids is 1. The Kier molecular flexibility index (Phi) is 6.63. The van der Waals surface area contributed by atoms with Crippen LogP contribution >= 0.6 is 11.6 Å². The number of halogens is 2. The fourth-order valence-electron chi connectivity index (χ4n) is 3.19. The number of amides is 1. The maximum Gasteiger partial charge on any atom is 0.287 e. The molecule has 2 atom stereocenters. The van der Waals surface area contributed by atoms with Crippen molar-refractivity contribution in [1.82, 2.24) is 4.98 Å². The minimum absolute atomic E-state index is 0.0397. The Balaban J connectivity index is 1.74. The Morgan fingerprint density at radius 2 is 2.00 bits per heavy atom. The lowest BCUT2D eigenvalue weighted by atomic mass is 10.0. The molecule has 2 aromatic rings. The van der Waals surface area contributed by atoms with Crippen molar-refractivity contribution in [2.75, 3.05) is 5.12 Å². The van der Waals surface area contributed by atoms with Crippen molar-refractivity contribution in [3.05, 3.63) is 77.6 Å². The zero-order valence-electron chi connectivity index (χ0n) is 16.1. The number of pyridine rings is 1. The largest absolute Gasteiger partial charge is 0.287 e. The number of hydrogen-bond donors (Lipinski definition) is 0. The quantitative estimate of drug-likeness (QED) is 0.343. The number of rotatable bonds is 5. The van der Waals surface area contributed by atoms with Crippen LogP contribution in [-0.4, -0.2) is 16.3 Å². The van der Waals surface area contributed by atoms with Gasteiger partial charge in [0.15, 0.2) is 0 Å². The van der Waals surface area contributed by atoms with Crippen molar-refractivity contribution < 1.29 is 9.28 Å². The second-order valence-corrected chi connectivity index (χ2v) is 7.57. The summed E-state index contributed by atoms with van der Waals surface area (Å²) in [6, 6.07) is 10.3. The Morgan fingerprint density at radius 1 is 1.25 bits per heavy atom. The molecule has 0 saturated carbocycles. The lowest BCUT2D eigenvalue weighted by Gasteiger charge is -2.13. The molecule has 146 valence electrons. The molecular weight excluding hydrogens is 375 g/mol. The normalized spacial score (nSPS) is 19.1. The van der Waals surface area contributed by atoms with E-state index >= 15 is 0 Å². The highest BCUT2D eigenvalue weighted by Crippen LogP contribution is 2.27. The van der Waals surface area contributed by atoms with Gasteiger partial charge in [-0.1, -0.05) is 55.1 Å². The Bertz CT molecular complexity index is 874. The number of carbonyl (C=O) groups is 1. The molecule has 2 unspecified atom stereocenters. The van der Waals surface area contributed by atoms with Gasteiger partial charge in [0.1, 0.15) is 0 Å². The van der Waals surface area contributed by atoms with Crippen molar-refractivity contribution in [3.8, 4) is 0 Å². The van der Waals surface area contributed by atoms with Gasteiger partial charge < -0.3 is 0 Å². The topological polar surface area (TPSA) is 33.2 Å². The average Bonchev–Trinajstić information content (AvgIpc) is 2.89. The summed E-state index contributed by atoms with van der Waals surface area (Å²) in [4.78, 5) is 16.8. The summed E-state index contributed by atoms with van der Waals surface area (Å²) in [5.41, 5.74) is 3.37. The van der Waals surface area contributed by atoms with Crippen LogP contribution in [-0.2, 0) is 6.42 Å². The third-order valence-electron chi connectivity index (χ3n) is 4.84. The molecule has 0 saturated heterocycles. The SMILES string of the molecule is CCCc1ccc(N(F)C(=O)c2ccc(C3=CC(C)C(Cl)C=CC3)nc2)cc1. The molecular formula is C23H24ClFN2O. The molecule has 0 aliphatic heterocycles. The van der Waals surface area contributed by atoms with Crippen LogP contribution in [0.3, 0.4) is 0 Å². The summed E-state index contributed by atoms with van der Waals surface area (Å²) in [6.45, 7) is 4.14. The minimum Gasteiger partial charge on any atom is -0.266 e. The van der Waals surface area contributed by atoms with E-state index < -0.39 is 5.91 Å². The van der Waals surface area contributed by atoms with E-state index in [0.29, 0.717) is 0 Å². The molecule has 1 heterocycles. The smallest absolute Gasteiger partial charge is 0.266 e. The molecule has 0 N–H and O–H groups in total. The number of aryl methyl sites for hydroxylation is 1. The number of anilines is 1. The first-order valence-electron chi connectivity index (χ1n) is 9.56. The van der Waals surface area contributed by atoms with Crippen LogP contribution in [0.15, 0.2) is 60.8 Å². The van der Waals surface area contributed by atoms with Crippen molar-refractivity contribution in [1.29, 1.82) is 0 Å². The molecule has 3 rings (SSSR count). The molecule has 0 spiro atoms. The molecule has 1 aliphatic rings. The van der Waals surface area contributed by atoms with Gasteiger partial charge in [0.25, 0.3) is 5.91 Å². The van der Waals surface area contributed by atoms with Crippen LogP contribution in [0.1, 0.15) is 48.3 Å². The van der Waals surface area contributed by atoms with E-state index in [2.05, 4.69) is 24.9 Å². The van der Waals surface area contributed by atoms with E-state index in [1.807, 2.05) is 24.3 Å². The Hall–Kier alpha value is -2.46. The van der Waals surface area contributed by atoms with Gasteiger partial charge in [0, 0.05) is 6.20 Å². The Morgan fingerprint density at radius 3 is 2.64 bits per heavy atom. The first-order valence-corrected chi connectivity index (χ1v) is 10.00. The number of alkyl halides is 1. The van der Waals surface area contributed by atoms with Crippen LogP contribution in [0, 0.1) is 5.92 Å². The summed E-state index contributed by atoms with van der Waals surface area (Å²) >= 11 is 6.27. The number of benzene rings is 1. The highest BCUT2D eigenvalue weighted by molar-refractivity contribution is 6.22. The van der Waals surface area contributed by atoms with Gasteiger partial charge in [-0.05, 0) is 54.2 Å². The van der Waals surface area contributed by atoms with Gasteiger partial charge >= 0.3 is 0 Å². The first-order chi connectivity index (χ1) is 13.5. The van der Waals surface area contributed by atoms with Gasteiger partial charge in [-0.3, -0.25) is 9.78 Å². The van der Waals surface area contributed by atoms with Crippen LogP contribution in [0.2, 0.25) is 0 Å². The zero-order chi connectivity index (χ0) is 20.1. The number of hydrogen-bond acceptors (Lipinski definition) is 2. The van der Waals surface area contributed by atoms with Crippen LogP contribution in [0.4, 0.5) is 10.2 Å². The Labute approximate surface area is 170 Å². The summed E-state index contributed by atoms with van der Waals surface area (Å²) in [5, 5.41) is 0.127. The van der Waals surface area contributed by atoms with E-state index in [0.717, 1.165) is 36.1 Å². The highest BCUT2D eigenvalue weighted by atomic mass is 35.5. The van der Waals surface area contributed by atoms with Crippen LogP contribution in [0.25, 0.3) is 5.57 Å². The third-order valence-corrected chi connectivity index (χ3v) is 5.39. The van der Waals surface area contributed by atoms with E-state index in [1.54, 1.807) is 24.3 Å². The number of allylic oxidation sites excluding steroid dienone is 4. The van der Waals surface area contributed by atoms with Gasteiger partial charge in [-0.2, -0.15) is 0 Å². The van der Waals surface area contributed by atoms with E-state index in [9.17, 15) is 9.28 Å². The highest BCUT2D eigenvalue weighted by Gasteiger charge is 2.19. The maximum atomic E-state index is 14.6. The second-order valence-electron chi connectivity index (χ2n) is 7.06. The molecule has 1 aromatic carbocycles. The summed E-state index contributed by atoms with van der Waals surface area (Å²) in [6.07, 6.45) is 10.2. The number of nitrogens with zero attached hydrogens (tertiary/aromatic N) is 2. The predicted octanol–water partition coefficient (Wildman–Crippen LogP) is 6.15. The maximum absolute atomic E-state index is 14.6.